The third-order valence-electron chi connectivity index (χ3n) is 2.71. The van der Waals surface area contributed by atoms with Crippen LogP contribution in [0.15, 0.2) is 5.38 Å². The highest BCUT2D eigenvalue weighted by Crippen LogP contribution is 2.22. The van der Waals surface area contributed by atoms with Gasteiger partial charge in [-0.3, -0.25) is 0 Å². The predicted molar refractivity (Wildman–Crippen MR) is 70.4 cm³/mol. The average Bonchev–Trinajstić information content (AvgIpc) is 2.75. The molecule has 0 bridgehead atoms. The van der Waals surface area contributed by atoms with Gasteiger partial charge in [0.15, 0.2) is 15.0 Å². The summed E-state index contributed by atoms with van der Waals surface area (Å²) in [4.78, 5) is 6.56. The molecule has 5 nitrogen and oxygen atoms in total. The van der Waals surface area contributed by atoms with Crippen LogP contribution in [0.5, 0.6) is 0 Å². The van der Waals surface area contributed by atoms with Crippen molar-refractivity contribution in [3.05, 3.63) is 11.1 Å². The lowest BCUT2D eigenvalue weighted by molar-refractivity contribution is 0.586. The summed E-state index contributed by atoms with van der Waals surface area (Å²) in [6, 6.07) is 0. The second-order valence-electron chi connectivity index (χ2n) is 4.04. The van der Waals surface area contributed by atoms with Crippen molar-refractivity contribution in [2.45, 2.75) is 13.5 Å². The number of hydrogen-bond acceptors (Lipinski definition) is 6. The van der Waals surface area contributed by atoms with Gasteiger partial charge in [-0.25, -0.2) is 13.4 Å². The maximum absolute atomic E-state index is 11.3. The molecule has 1 aliphatic rings. The second-order valence-corrected chi connectivity index (χ2v) is 7.18. The Labute approximate surface area is 106 Å². The highest BCUT2D eigenvalue weighted by Gasteiger charge is 2.23. The zero-order valence-electron chi connectivity index (χ0n) is 9.85. The van der Waals surface area contributed by atoms with Gasteiger partial charge in [-0.15, -0.1) is 11.3 Å². The Hall–Kier alpha value is -0.660. The van der Waals surface area contributed by atoms with Gasteiger partial charge in [-0.05, 0) is 6.54 Å². The molecule has 96 valence electrons. The number of hydrogen-bond donors (Lipinski definition) is 1. The first-order valence-electron chi connectivity index (χ1n) is 5.71. The fraction of sp³-hybridized carbons (Fsp3) is 0.700. The Morgan fingerprint density at radius 2 is 2.18 bits per heavy atom. The molecule has 0 aromatic carbocycles. The van der Waals surface area contributed by atoms with Crippen LogP contribution in [0.25, 0.3) is 0 Å². The van der Waals surface area contributed by atoms with E-state index in [1.165, 1.54) is 0 Å². The van der Waals surface area contributed by atoms with Gasteiger partial charge < -0.3 is 10.2 Å². The fourth-order valence-corrected chi connectivity index (χ4v) is 3.76. The molecular formula is C10H17N3O2S2. The van der Waals surface area contributed by atoms with E-state index < -0.39 is 9.84 Å². The van der Waals surface area contributed by atoms with Gasteiger partial charge in [0.2, 0.25) is 0 Å². The van der Waals surface area contributed by atoms with Crippen molar-refractivity contribution in [1.29, 1.82) is 0 Å². The largest absolute Gasteiger partial charge is 0.346 e. The molecule has 2 rings (SSSR count). The Kier molecular flexibility index (Phi) is 4.01. The normalized spacial score (nSPS) is 19.5. The van der Waals surface area contributed by atoms with Crippen molar-refractivity contribution in [2.24, 2.45) is 0 Å². The van der Waals surface area contributed by atoms with E-state index in [2.05, 4.69) is 22.1 Å². The third kappa shape index (κ3) is 3.40. The van der Waals surface area contributed by atoms with Gasteiger partial charge in [0, 0.05) is 25.0 Å². The molecule has 0 amide bonds. The van der Waals surface area contributed by atoms with Crippen molar-refractivity contribution < 1.29 is 8.42 Å². The number of sulfone groups is 1. The summed E-state index contributed by atoms with van der Waals surface area (Å²) in [5.41, 5.74) is 1.03. The molecule has 1 saturated heterocycles. The van der Waals surface area contributed by atoms with Gasteiger partial charge in [-0.1, -0.05) is 6.92 Å². The summed E-state index contributed by atoms with van der Waals surface area (Å²) in [5, 5.41) is 6.19. The molecule has 1 N–H and O–H groups in total. The SMILES string of the molecule is CCNCc1csc(N2CCS(=O)(=O)CC2)n1. The third-order valence-corrected chi connectivity index (χ3v) is 5.27. The highest BCUT2D eigenvalue weighted by atomic mass is 32.2. The molecule has 2 heterocycles. The Morgan fingerprint density at radius 3 is 2.82 bits per heavy atom. The zero-order chi connectivity index (χ0) is 12.3. The molecule has 0 saturated carbocycles. The number of anilines is 1. The van der Waals surface area contributed by atoms with Gasteiger partial charge in [0.25, 0.3) is 0 Å². The molecule has 7 heteroatoms. The minimum absolute atomic E-state index is 0.245. The topological polar surface area (TPSA) is 62.3 Å². The number of thiazole rings is 1. The van der Waals surface area contributed by atoms with E-state index in [0.717, 1.165) is 23.9 Å². The van der Waals surface area contributed by atoms with E-state index in [0.29, 0.717) is 13.1 Å². The number of nitrogens with one attached hydrogen (secondary N) is 1. The number of rotatable bonds is 4. The van der Waals surface area contributed by atoms with Crippen LogP contribution in [-0.2, 0) is 16.4 Å². The van der Waals surface area contributed by atoms with Crippen LogP contribution in [-0.4, -0.2) is 44.5 Å². The molecule has 1 aromatic heterocycles. The van der Waals surface area contributed by atoms with Crippen molar-refractivity contribution in [2.75, 3.05) is 36.0 Å². The molecular weight excluding hydrogens is 258 g/mol. The Morgan fingerprint density at radius 1 is 1.47 bits per heavy atom. The summed E-state index contributed by atoms with van der Waals surface area (Å²) in [7, 11) is -2.81. The maximum atomic E-state index is 11.3. The second kappa shape index (κ2) is 5.32. The van der Waals surface area contributed by atoms with E-state index in [-0.39, 0.29) is 11.5 Å². The van der Waals surface area contributed by atoms with Gasteiger partial charge >= 0.3 is 0 Å². The van der Waals surface area contributed by atoms with Crippen LogP contribution < -0.4 is 10.2 Å². The van der Waals surface area contributed by atoms with Crippen molar-refractivity contribution in [3.63, 3.8) is 0 Å². The minimum Gasteiger partial charge on any atom is -0.346 e. The van der Waals surface area contributed by atoms with E-state index in [1.54, 1.807) is 11.3 Å². The molecule has 0 unspecified atom stereocenters. The molecule has 0 atom stereocenters. The molecule has 0 radical (unpaired) electrons. The van der Waals surface area contributed by atoms with Crippen molar-refractivity contribution >= 4 is 26.3 Å². The molecule has 1 aromatic rings. The molecule has 0 spiro atoms. The fourth-order valence-electron chi connectivity index (χ4n) is 1.68. The number of aromatic nitrogens is 1. The average molecular weight is 275 g/mol. The summed E-state index contributed by atoms with van der Waals surface area (Å²) >= 11 is 1.59. The maximum Gasteiger partial charge on any atom is 0.185 e. The van der Waals surface area contributed by atoms with Crippen molar-refractivity contribution in [3.8, 4) is 0 Å². The smallest absolute Gasteiger partial charge is 0.185 e. The Bertz CT molecular complexity index is 456. The molecule has 1 fully saturated rings. The monoisotopic (exact) mass is 275 g/mol. The zero-order valence-corrected chi connectivity index (χ0v) is 11.5. The van der Waals surface area contributed by atoms with E-state index >= 15 is 0 Å². The summed E-state index contributed by atoms with van der Waals surface area (Å²) in [6.07, 6.45) is 0. The van der Waals surface area contributed by atoms with E-state index in [9.17, 15) is 8.42 Å². The van der Waals surface area contributed by atoms with Crippen LogP contribution in [0.3, 0.4) is 0 Å². The molecule has 17 heavy (non-hydrogen) atoms. The summed E-state index contributed by atoms with van der Waals surface area (Å²) in [5.74, 6) is 0.490. The lowest BCUT2D eigenvalue weighted by Crippen LogP contribution is -2.40. The first kappa shape index (κ1) is 12.8. The number of nitrogens with zero attached hydrogens (tertiary/aromatic N) is 2. The predicted octanol–water partition coefficient (Wildman–Crippen LogP) is 0.487. The van der Waals surface area contributed by atoms with Gasteiger partial charge in [-0.2, -0.15) is 0 Å². The van der Waals surface area contributed by atoms with E-state index in [4.69, 9.17) is 0 Å². The summed E-state index contributed by atoms with van der Waals surface area (Å²) in [6.45, 7) is 4.89. The van der Waals surface area contributed by atoms with Crippen LogP contribution in [0.4, 0.5) is 5.13 Å². The van der Waals surface area contributed by atoms with Crippen LogP contribution >= 0.6 is 11.3 Å². The molecule has 0 aliphatic carbocycles. The van der Waals surface area contributed by atoms with Crippen LogP contribution in [0.2, 0.25) is 0 Å². The molecule has 1 aliphatic heterocycles. The van der Waals surface area contributed by atoms with Crippen molar-refractivity contribution in [1.82, 2.24) is 10.3 Å². The Balaban J connectivity index is 1.96. The van der Waals surface area contributed by atoms with Crippen LogP contribution in [0.1, 0.15) is 12.6 Å². The quantitative estimate of drug-likeness (QED) is 0.866. The standard InChI is InChI=1S/C10H17N3O2S2/c1-2-11-7-9-8-16-10(12-9)13-3-5-17(14,15)6-4-13/h8,11H,2-7H2,1H3. The summed E-state index contributed by atoms with van der Waals surface area (Å²) < 4.78 is 22.6. The lowest BCUT2D eigenvalue weighted by Gasteiger charge is -2.25. The first-order valence-corrected chi connectivity index (χ1v) is 8.41. The first-order chi connectivity index (χ1) is 8.11. The van der Waals surface area contributed by atoms with Gasteiger partial charge in [0.05, 0.1) is 17.2 Å². The van der Waals surface area contributed by atoms with Crippen LogP contribution in [0, 0.1) is 0 Å². The highest BCUT2D eigenvalue weighted by molar-refractivity contribution is 7.91. The minimum atomic E-state index is -2.81. The lowest BCUT2D eigenvalue weighted by atomic mass is 10.5. The van der Waals surface area contributed by atoms with E-state index in [1.807, 2.05) is 5.38 Å². The van der Waals surface area contributed by atoms with Gasteiger partial charge in [0.1, 0.15) is 0 Å².